The summed E-state index contributed by atoms with van der Waals surface area (Å²) >= 11 is 3.68. The SMILES string of the molecule is COc1cc2c(cc1Br)CCN(C/C=C/c1ccc(N(C)C)cc1)C[C@H]2c1ccccc1. The molecule has 0 amide bonds. The number of rotatable bonds is 6. The lowest BCUT2D eigenvalue weighted by atomic mass is 9.88. The van der Waals surface area contributed by atoms with E-state index in [1.807, 2.05) is 0 Å². The summed E-state index contributed by atoms with van der Waals surface area (Å²) in [6, 6.07) is 24.0. The Balaban J connectivity index is 1.55. The van der Waals surface area contributed by atoms with Crippen molar-refractivity contribution in [3.63, 3.8) is 0 Å². The van der Waals surface area contributed by atoms with Crippen LogP contribution in [-0.4, -0.2) is 45.7 Å². The third-order valence-electron chi connectivity index (χ3n) is 6.21. The number of fused-ring (bicyclic) bond motifs is 1. The topological polar surface area (TPSA) is 15.7 Å². The molecule has 4 rings (SSSR count). The first-order valence-electron chi connectivity index (χ1n) is 11.1. The summed E-state index contributed by atoms with van der Waals surface area (Å²) in [4.78, 5) is 4.68. The van der Waals surface area contributed by atoms with E-state index in [0.717, 1.165) is 36.3 Å². The summed E-state index contributed by atoms with van der Waals surface area (Å²) in [5, 5.41) is 0. The first-order chi connectivity index (χ1) is 15.5. The number of nitrogens with zero attached hydrogens (tertiary/aromatic N) is 2. The minimum absolute atomic E-state index is 0.323. The van der Waals surface area contributed by atoms with Gasteiger partial charge in [0.2, 0.25) is 0 Å². The van der Waals surface area contributed by atoms with E-state index in [1.54, 1.807) is 7.11 Å². The molecular weight excluding hydrogens is 460 g/mol. The third kappa shape index (κ3) is 5.25. The minimum atomic E-state index is 0.323. The summed E-state index contributed by atoms with van der Waals surface area (Å²) < 4.78 is 6.65. The maximum Gasteiger partial charge on any atom is 0.133 e. The molecule has 0 saturated carbocycles. The lowest BCUT2D eigenvalue weighted by Crippen LogP contribution is -2.29. The van der Waals surface area contributed by atoms with Gasteiger partial charge in [-0.15, -0.1) is 0 Å². The Kier molecular flexibility index (Phi) is 7.33. The van der Waals surface area contributed by atoms with Gasteiger partial charge >= 0.3 is 0 Å². The van der Waals surface area contributed by atoms with E-state index >= 15 is 0 Å². The van der Waals surface area contributed by atoms with Crippen LogP contribution in [0, 0.1) is 0 Å². The number of anilines is 1. The van der Waals surface area contributed by atoms with Crippen LogP contribution in [0.15, 0.2) is 77.3 Å². The number of hydrogen-bond donors (Lipinski definition) is 0. The minimum Gasteiger partial charge on any atom is -0.496 e. The van der Waals surface area contributed by atoms with Gasteiger partial charge in [-0.25, -0.2) is 0 Å². The molecule has 0 fully saturated rings. The van der Waals surface area contributed by atoms with Crippen molar-refractivity contribution < 1.29 is 4.74 Å². The second-order valence-electron chi connectivity index (χ2n) is 8.55. The molecule has 3 aromatic rings. The molecule has 166 valence electrons. The van der Waals surface area contributed by atoms with Crippen LogP contribution in [0.1, 0.15) is 28.2 Å². The van der Waals surface area contributed by atoms with Crippen LogP contribution in [0.2, 0.25) is 0 Å². The van der Waals surface area contributed by atoms with Crippen molar-refractivity contribution in [3.05, 3.63) is 99.5 Å². The molecule has 3 aromatic carbocycles. The summed E-state index contributed by atoms with van der Waals surface area (Å²) in [6.07, 6.45) is 5.56. The maximum absolute atomic E-state index is 5.63. The fourth-order valence-corrected chi connectivity index (χ4v) is 4.94. The van der Waals surface area contributed by atoms with Crippen molar-refractivity contribution >= 4 is 27.7 Å². The van der Waals surface area contributed by atoms with Gasteiger partial charge in [0.25, 0.3) is 0 Å². The van der Waals surface area contributed by atoms with Crippen molar-refractivity contribution in [2.45, 2.75) is 12.3 Å². The highest BCUT2D eigenvalue weighted by Gasteiger charge is 2.25. The molecule has 0 saturated heterocycles. The van der Waals surface area contributed by atoms with Crippen LogP contribution in [-0.2, 0) is 6.42 Å². The lowest BCUT2D eigenvalue weighted by molar-refractivity contribution is 0.306. The van der Waals surface area contributed by atoms with Crippen LogP contribution >= 0.6 is 15.9 Å². The predicted molar refractivity (Wildman–Crippen MR) is 139 cm³/mol. The summed E-state index contributed by atoms with van der Waals surface area (Å²) in [5.74, 6) is 1.22. The molecule has 0 bridgehead atoms. The highest BCUT2D eigenvalue weighted by atomic mass is 79.9. The molecule has 0 spiro atoms. The van der Waals surface area contributed by atoms with Gasteiger partial charge in [0.1, 0.15) is 5.75 Å². The van der Waals surface area contributed by atoms with Gasteiger partial charge < -0.3 is 9.64 Å². The van der Waals surface area contributed by atoms with E-state index in [1.165, 1.54) is 27.9 Å². The summed E-state index contributed by atoms with van der Waals surface area (Å²) in [5.41, 5.74) is 6.59. The van der Waals surface area contributed by atoms with Crippen molar-refractivity contribution in [1.29, 1.82) is 0 Å². The summed E-state index contributed by atoms with van der Waals surface area (Å²) in [6.45, 7) is 2.97. The van der Waals surface area contributed by atoms with E-state index in [0.29, 0.717) is 5.92 Å². The monoisotopic (exact) mass is 490 g/mol. The average molecular weight is 491 g/mol. The fraction of sp³-hybridized carbons (Fsp3) is 0.286. The van der Waals surface area contributed by atoms with Crippen molar-refractivity contribution in [1.82, 2.24) is 4.90 Å². The van der Waals surface area contributed by atoms with Gasteiger partial charge in [-0.2, -0.15) is 0 Å². The zero-order valence-electron chi connectivity index (χ0n) is 19.1. The molecule has 0 radical (unpaired) electrons. The maximum atomic E-state index is 5.63. The van der Waals surface area contributed by atoms with E-state index in [-0.39, 0.29) is 0 Å². The number of benzene rings is 3. The standard InChI is InChI=1S/C28H31BrN2O/c1-30(2)24-13-11-21(12-14-24)8-7-16-31-17-15-23-18-27(29)28(32-3)19-25(23)26(20-31)22-9-5-4-6-10-22/h4-14,18-19,26H,15-17,20H2,1-3H3/b8-7+/t26-/m0/s1. The number of hydrogen-bond acceptors (Lipinski definition) is 3. The summed E-state index contributed by atoms with van der Waals surface area (Å²) in [7, 11) is 5.88. The predicted octanol–water partition coefficient (Wildman–Crippen LogP) is 6.23. The largest absolute Gasteiger partial charge is 0.496 e. The van der Waals surface area contributed by atoms with Crippen LogP contribution in [0.25, 0.3) is 6.08 Å². The Morgan fingerprint density at radius 3 is 2.50 bits per heavy atom. The molecular formula is C28H31BrN2O. The molecule has 0 unspecified atom stereocenters. The lowest BCUT2D eigenvalue weighted by Gasteiger charge is -2.24. The Bertz CT molecular complexity index is 1060. The highest BCUT2D eigenvalue weighted by Crippen LogP contribution is 2.37. The second kappa shape index (κ2) is 10.4. The average Bonchev–Trinajstić information content (AvgIpc) is 2.98. The zero-order valence-corrected chi connectivity index (χ0v) is 20.7. The first-order valence-corrected chi connectivity index (χ1v) is 11.9. The van der Waals surface area contributed by atoms with Gasteiger partial charge in [0, 0.05) is 45.3 Å². The number of ether oxygens (including phenoxy) is 1. The molecule has 0 N–H and O–H groups in total. The van der Waals surface area contributed by atoms with Crippen molar-refractivity contribution in [3.8, 4) is 5.75 Å². The van der Waals surface area contributed by atoms with E-state index in [9.17, 15) is 0 Å². The molecule has 1 aliphatic rings. The Labute approximate surface area is 200 Å². The molecule has 1 heterocycles. The fourth-order valence-electron chi connectivity index (χ4n) is 4.39. The van der Waals surface area contributed by atoms with Crippen molar-refractivity contribution in [2.75, 3.05) is 45.7 Å². The number of halogens is 1. The molecule has 0 aliphatic carbocycles. The van der Waals surface area contributed by atoms with Crippen LogP contribution in [0.3, 0.4) is 0 Å². The molecule has 1 aliphatic heterocycles. The Hall–Kier alpha value is -2.56. The second-order valence-corrected chi connectivity index (χ2v) is 9.40. The van der Waals surface area contributed by atoms with Crippen LogP contribution < -0.4 is 9.64 Å². The van der Waals surface area contributed by atoms with Gasteiger partial charge in [0.05, 0.1) is 11.6 Å². The number of methoxy groups -OCH3 is 1. The van der Waals surface area contributed by atoms with Crippen molar-refractivity contribution in [2.24, 2.45) is 0 Å². The molecule has 32 heavy (non-hydrogen) atoms. The third-order valence-corrected chi connectivity index (χ3v) is 6.83. The quantitative estimate of drug-likeness (QED) is 0.407. The van der Waals surface area contributed by atoms with Crippen LogP contribution in [0.4, 0.5) is 5.69 Å². The van der Waals surface area contributed by atoms with Crippen LogP contribution in [0.5, 0.6) is 5.75 Å². The van der Waals surface area contributed by atoms with Gasteiger partial charge in [-0.1, -0.05) is 54.6 Å². The molecule has 4 heteroatoms. The van der Waals surface area contributed by atoms with Gasteiger partial charge in [-0.05, 0) is 68.9 Å². The Morgan fingerprint density at radius 1 is 1.06 bits per heavy atom. The first kappa shape index (κ1) is 22.6. The smallest absolute Gasteiger partial charge is 0.133 e. The Morgan fingerprint density at radius 2 is 1.81 bits per heavy atom. The highest BCUT2D eigenvalue weighted by molar-refractivity contribution is 9.10. The molecule has 3 nitrogen and oxygen atoms in total. The van der Waals surface area contributed by atoms with E-state index in [2.05, 4.69) is 119 Å². The van der Waals surface area contributed by atoms with E-state index < -0.39 is 0 Å². The zero-order chi connectivity index (χ0) is 22.5. The normalized spacial score (nSPS) is 16.6. The molecule has 0 aromatic heterocycles. The van der Waals surface area contributed by atoms with E-state index in [4.69, 9.17) is 4.74 Å². The van der Waals surface area contributed by atoms with Gasteiger partial charge in [0.15, 0.2) is 0 Å². The molecule has 1 atom stereocenters. The van der Waals surface area contributed by atoms with Gasteiger partial charge in [-0.3, -0.25) is 4.90 Å².